The van der Waals surface area contributed by atoms with Gasteiger partial charge in [-0.2, -0.15) is 0 Å². The van der Waals surface area contributed by atoms with Crippen molar-refractivity contribution in [2.45, 2.75) is 19.9 Å². The van der Waals surface area contributed by atoms with Gasteiger partial charge in [0.05, 0.1) is 13.2 Å². The number of hydrogen-bond acceptors (Lipinski definition) is 5. The van der Waals surface area contributed by atoms with Gasteiger partial charge in [0.15, 0.2) is 0 Å². The fraction of sp³-hybridized carbons (Fsp3) is 0.500. The Morgan fingerprint density at radius 1 is 1.27 bits per heavy atom. The summed E-state index contributed by atoms with van der Waals surface area (Å²) in [5.74, 6) is -0.381. The molecular formula is C16H24N2O4. The van der Waals surface area contributed by atoms with E-state index in [2.05, 4.69) is 0 Å². The molecule has 122 valence electrons. The van der Waals surface area contributed by atoms with E-state index in [0.717, 1.165) is 5.56 Å². The highest BCUT2D eigenvalue weighted by atomic mass is 16.5. The number of esters is 1. The molecule has 22 heavy (non-hydrogen) atoms. The Balaban J connectivity index is 2.57. The number of phenols is 1. The van der Waals surface area contributed by atoms with E-state index < -0.39 is 5.97 Å². The number of phenolic OH excluding ortho intramolecular Hbond substituents is 1. The summed E-state index contributed by atoms with van der Waals surface area (Å²) >= 11 is 0. The number of carbonyl (C=O) groups excluding carboxylic acids is 2. The predicted octanol–water partition coefficient (Wildman–Crippen LogP) is 1.41. The minimum Gasteiger partial charge on any atom is -0.508 e. The number of hydrogen-bond donors (Lipinski definition) is 1. The van der Waals surface area contributed by atoms with E-state index in [9.17, 15) is 14.7 Å². The fourth-order valence-corrected chi connectivity index (χ4v) is 2.00. The van der Waals surface area contributed by atoms with Gasteiger partial charge in [-0.05, 0) is 38.6 Å². The highest BCUT2D eigenvalue weighted by molar-refractivity contribution is 5.83. The summed E-state index contributed by atoms with van der Waals surface area (Å²) in [5, 5.41) is 9.52. The van der Waals surface area contributed by atoms with E-state index in [-0.39, 0.29) is 30.8 Å². The number of nitrogens with zero attached hydrogens (tertiary/aromatic N) is 2. The van der Waals surface area contributed by atoms with Gasteiger partial charge >= 0.3 is 5.97 Å². The third-order valence-corrected chi connectivity index (χ3v) is 3.50. The first-order valence-corrected chi connectivity index (χ1v) is 7.23. The lowest BCUT2D eigenvalue weighted by Gasteiger charge is -2.26. The van der Waals surface area contributed by atoms with E-state index in [4.69, 9.17) is 4.74 Å². The van der Waals surface area contributed by atoms with Crippen molar-refractivity contribution in [1.82, 2.24) is 9.80 Å². The van der Waals surface area contributed by atoms with Gasteiger partial charge in [0, 0.05) is 13.1 Å². The van der Waals surface area contributed by atoms with Gasteiger partial charge in [-0.25, -0.2) is 0 Å². The van der Waals surface area contributed by atoms with Crippen LogP contribution < -0.4 is 0 Å². The van der Waals surface area contributed by atoms with Crippen LogP contribution >= 0.6 is 0 Å². The number of amides is 1. The van der Waals surface area contributed by atoms with Crippen molar-refractivity contribution in [1.29, 1.82) is 0 Å². The van der Waals surface area contributed by atoms with E-state index in [1.807, 2.05) is 24.9 Å². The predicted molar refractivity (Wildman–Crippen MR) is 83.4 cm³/mol. The summed E-state index contributed by atoms with van der Waals surface area (Å²) in [7, 11) is 3.40. The maximum atomic E-state index is 12.1. The smallest absolute Gasteiger partial charge is 0.325 e. The summed E-state index contributed by atoms with van der Waals surface area (Å²) in [6, 6.07) is 6.91. The molecule has 0 saturated carbocycles. The molecule has 0 aromatic heterocycles. The number of rotatable bonds is 7. The Kier molecular flexibility index (Phi) is 6.85. The number of aromatic hydroxyl groups is 1. The van der Waals surface area contributed by atoms with E-state index in [1.54, 1.807) is 32.2 Å². The lowest BCUT2D eigenvalue weighted by atomic mass is 10.1. The second-order valence-electron chi connectivity index (χ2n) is 5.24. The monoisotopic (exact) mass is 308 g/mol. The lowest BCUT2D eigenvalue weighted by molar-refractivity contribution is -0.148. The van der Waals surface area contributed by atoms with Crippen molar-refractivity contribution in [2.75, 3.05) is 33.8 Å². The summed E-state index contributed by atoms with van der Waals surface area (Å²) in [4.78, 5) is 26.7. The molecule has 1 amide bonds. The highest BCUT2D eigenvalue weighted by Crippen LogP contribution is 2.22. The Hall–Kier alpha value is -2.08. The van der Waals surface area contributed by atoms with Crippen LogP contribution in [0.5, 0.6) is 5.75 Å². The molecule has 0 aliphatic rings. The molecule has 0 spiro atoms. The maximum Gasteiger partial charge on any atom is 0.325 e. The number of likely N-dealkylation sites (N-methyl/N-ethyl adjacent to an activating group) is 2. The van der Waals surface area contributed by atoms with Crippen LogP contribution in [0.15, 0.2) is 24.3 Å². The summed E-state index contributed by atoms with van der Waals surface area (Å²) < 4.78 is 4.82. The normalized spacial score (nSPS) is 12.0. The average molecular weight is 308 g/mol. The maximum absolute atomic E-state index is 12.1. The van der Waals surface area contributed by atoms with Crippen molar-refractivity contribution in [2.24, 2.45) is 0 Å². The van der Waals surface area contributed by atoms with E-state index in [0.29, 0.717) is 6.61 Å². The molecule has 0 saturated heterocycles. The molecule has 1 N–H and O–H groups in total. The SMILES string of the molecule is CCOC(=O)CN(C)C(=O)CN(C)C(C)c1cccc(O)c1. The number of benzene rings is 1. The zero-order valence-electron chi connectivity index (χ0n) is 13.6. The number of carbonyl (C=O) groups is 2. The van der Waals surface area contributed by atoms with Crippen LogP contribution in [0.25, 0.3) is 0 Å². The summed E-state index contributed by atoms with van der Waals surface area (Å²) in [6.45, 7) is 4.10. The zero-order valence-corrected chi connectivity index (χ0v) is 13.6. The van der Waals surface area contributed by atoms with Gasteiger partial charge in [-0.3, -0.25) is 14.5 Å². The summed E-state index contributed by atoms with van der Waals surface area (Å²) in [5.41, 5.74) is 0.920. The van der Waals surface area contributed by atoms with Crippen LogP contribution in [0.4, 0.5) is 0 Å². The second-order valence-corrected chi connectivity index (χ2v) is 5.24. The minimum absolute atomic E-state index is 0.0351. The first kappa shape index (κ1) is 18.0. The van der Waals surface area contributed by atoms with Crippen LogP contribution in [-0.4, -0.2) is 60.6 Å². The molecule has 1 aromatic rings. The first-order chi connectivity index (χ1) is 10.3. The highest BCUT2D eigenvalue weighted by Gasteiger charge is 2.19. The zero-order chi connectivity index (χ0) is 16.7. The Morgan fingerprint density at radius 2 is 1.95 bits per heavy atom. The van der Waals surface area contributed by atoms with Crippen molar-refractivity contribution in [3.05, 3.63) is 29.8 Å². The van der Waals surface area contributed by atoms with Crippen LogP contribution in [0.1, 0.15) is 25.5 Å². The minimum atomic E-state index is -0.415. The standard InChI is InChI=1S/C16H24N2O4/c1-5-22-16(21)11-18(4)15(20)10-17(3)12(2)13-7-6-8-14(19)9-13/h6-9,12,19H,5,10-11H2,1-4H3. The fourth-order valence-electron chi connectivity index (χ4n) is 2.00. The average Bonchev–Trinajstić information content (AvgIpc) is 2.46. The van der Waals surface area contributed by atoms with Gasteiger partial charge in [-0.15, -0.1) is 0 Å². The van der Waals surface area contributed by atoms with Crippen LogP contribution in [0, 0.1) is 0 Å². The molecule has 6 heteroatoms. The molecule has 0 heterocycles. The van der Waals surface area contributed by atoms with E-state index >= 15 is 0 Å². The Morgan fingerprint density at radius 3 is 2.55 bits per heavy atom. The van der Waals surface area contributed by atoms with Crippen molar-refractivity contribution < 1.29 is 19.4 Å². The molecule has 0 radical (unpaired) electrons. The third kappa shape index (κ3) is 5.37. The largest absolute Gasteiger partial charge is 0.508 e. The molecule has 1 atom stereocenters. The molecular weight excluding hydrogens is 284 g/mol. The van der Waals surface area contributed by atoms with Gasteiger partial charge in [0.2, 0.25) is 5.91 Å². The molecule has 0 bridgehead atoms. The molecule has 1 unspecified atom stereocenters. The lowest BCUT2D eigenvalue weighted by Crippen LogP contribution is -2.40. The van der Waals surface area contributed by atoms with Gasteiger partial charge in [0.1, 0.15) is 12.3 Å². The Bertz CT molecular complexity index is 519. The molecule has 0 aliphatic heterocycles. The van der Waals surface area contributed by atoms with Crippen molar-refractivity contribution in [3.63, 3.8) is 0 Å². The van der Waals surface area contributed by atoms with Crippen molar-refractivity contribution in [3.8, 4) is 5.75 Å². The van der Waals surface area contributed by atoms with Crippen LogP contribution in [0.3, 0.4) is 0 Å². The van der Waals surface area contributed by atoms with Crippen molar-refractivity contribution >= 4 is 11.9 Å². The molecule has 0 fully saturated rings. The summed E-state index contributed by atoms with van der Waals surface area (Å²) in [6.07, 6.45) is 0. The number of ether oxygens (including phenoxy) is 1. The quantitative estimate of drug-likeness (QED) is 0.771. The van der Waals surface area contributed by atoms with Gasteiger partial charge in [0.25, 0.3) is 0 Å². The Labute approximate surface area is 131 Å². The molecule has 1 aromatic carbocycles. The topological polar surface area (TPSA) is 70.1 Å². The molecule has 0 aliphatic carbocycles. The van der Waals surface area contributed by atoms with Gasteiger partial charge in [-0.1, -0.05) is 12.1 Å². The second kappa shape index (κ2) is 8.38. The third-order valence-electron chi connectivity index (χ3n) is 3.50. The first-order valence-electron chi connectivity index (χ1n) is 7.23. The van der Waals surface area contributed by atoms with Gasteiger partial charge < -0.3 is 14.7 Å². The molecule has 1 rings (SSSR count). The van der Waals surface area contributed by atoms with Crippen LogP contribution in [0.2, 0.25) is 0 Å². The van der Waals surface area contributed by atoms with E-state index in [1.165, 1.54) is 4.90 Å². The van der Waals surface area contributed by atoms with Crippen LogP contribution in [-0.2, 0) is 14.3 Å². The molecule has 6 nitrogen and oxygen atoms in total.